The highest BCUT2D eigenvalue weighted by Crippen LogP contribution is 2.25. The lowest BCUT2D eigenvalue weighted by molar-refractivity contribution is -0.129. The van der Waals surface area contributed by atoms with E-state index in [1.54, 1.807) is 22.2 Å². The number of aromatic carboxylic acids is 1. The summed E-state index contributed by atoms with van der Waals surface area (Å²) in [6.45, 7) is -0.104. The summed E-state index contributed by atoms with van der Waals surface area (Å²) in [6, 6.07) is 13.5. The van der Waals surface area contributed by atoms with Gasteiger partial charge in [0, 0.05) is 5.56 Å². The van der Waals surface area contributed by atoms with E-state index in [-0.39, 0.29) is 12.1 Å². The third-order valence-electron chi connectivity index (χ3n) is 3.47. The van der Waals surface area contributed by atoms with Crippen LogP contribution in [0.4, 0.5) is 0 Å². The number of aromatic nitrogens is 2. The first-order valence-corrected chi connectivity index (χ1v) is 6.82. The zero-order valence-corrected chi connectivity index (χ0v) is 11.9. The van der Waals surface area contributed by atoms with Gasteiger partial charge in [-0.05, 0) is 24.3 Å². The van der Waals surface area contributed by atoms with Crippen LogP contribution >= 0.6 is 0 Å². The molecule has 2 aromatic carbocycles. The fraction of sp³-hybridized carbons (Fsp3) is 0.0625. The molecule has 23 heavy (non-hydrogen) atoms. The number of hydrogen-bond acceptors (Lipinski definition) is 4. The predicted octanol–water partition coefficient (Wildman–Crippen LogP) is 1.91. The maximum atomic E-state index is 11.6. The zero-order valence-electron chi connectivity index (χ0n) is 11.9. The van der Waals surface area contributed by atoms with E-state index in [1.165, 1.54) is 12.1 Å². The number of benzene rings is 2. The average Bonchev–Trinajstić information content (AvgIpc) is 2.93. The van der Waals surface area contributed by atoms with Crippen molar-refractivity contribution in [2.45, 2.75) is 6.54 Å². The quantitative estimate of drug-likeness (QED) is 0.504. The highest BCUT2D eigenvalue weighted by Gasteiger charge is 2.15. The van der Waals surface area contributed by atoms with Gasteiger partial charge in [0.05, 0.1) is 16.6 Å². The molecule has 3 aromatic rings. The second-order valence-electron chi connectivity index (χ2n) is 4.93. The van der Waals surface area contributed by atoms with Crippen LogP contribution < -0.4 is 5.48 Å². The van der Waals surface area contributed by atoms with Gasteiger partial charge in [-0.3, -0.25) is 10.0 Å². The Balaban J connectivity index is 2.13. The van der Waals surface area contributed by atoms with Crippen molar-refractivity contribution in [1.29, 1.82) is 0 Å². The summed E-state index contributed by atoms with van der Waals surface area (Å²) < 4.78 is 1.66. The highest BCUT2D eigenvalue weighted by atomic mass is 16.5. The number of hydrogen-bond donors (Lipinski definition) is 3. The Kier molecular flexibility index (Phi) is 3.78. The van der Waals surface area contributed by atoms with Gasteiger partial charge in [0.1, 0.15) is 12.4 Å². The fourth-order valence-electron chi connectivity index (χ4n) is 2.40. The molecule has 0 fully saturated rings. The summed E-state index contributed by atoms with van der Waals surface area (Å²) >= 11 is 0. The van der Waals surface area contributed by atoms with E-state index >= 15 is 0 Å². The summed E-state index contributed by atoms with van der Waals surface area (Å²) in [7, 11) is 0. The number of hydroxylamine groups is 1. The van der Waals surface area contributed by atoms with Crippen LogP contribution in [-0.4, -0.2) is 31.7 Å². The van der Waals surface area contributed by atoms with Gasteiger partial charge >= 0.3 is 5.97 Å². The molecule has 0 radical (unpaired) electrons. The van der Waals surface area contributed by atoms with Crippen LogP contribution in [0.15, 0.2) is 48.5 Å². The second-order valence-corrected chi connectivity index (χ2v) is 4.93. The molecule has 1 amide bonds. The van der Waals surface area contributed by atoms with Gasteiger partial charge in [0.15, 0.2) is 0 Å². The fourth-order valence-corrected chi connectivity index (χ4v) is 2.40. The zero-order chi connectivity index (χ0) is 16.4. The number of carboxylic acids is 1. The molecule has 0 atom stereocenters. The number of fused-ring (bicyclic) bond motifs is 1. The van der Waals surface area contributed by atoms with E-state index in [4.69, 9.17) is 10.3 Å². The van der Waals surface area contributed by atoms with Gasteiger partial charge in [-0.15, -0.1) is 0 Å². The number of carbonyl (C=O) groups excluding carboxylic acids is 1. The van der Waals surface area contributed by atoms with Crippen molar-refractivity contribution < 1.29 is 19.9 Å². The average molecular weight is 311 g/mol. The normalized spacial score (nSPS) is 10.7. The molecule has 0 saturated heterocycles. The molecule has 0 spiro atoms. The summed E-state index contributed by atoms with van der Waals surface area (Å²) in [5.41, 5.74) is 3.90. The Bertz CT molecular complexity index is 884. The predicted molar refractivity (Wildman–Crippen MR) is 82.1 cm³/mol. The summed E-state index contributed by atoms with van der Waals surface area (Å²) in [4.78, 5) is 27.0. The minimum Gasteiger partial charge on any atom is -0.478 e. The molecule has 7 heteroatoms. The maximum absolute atomic E-state index is 11.6. The van der Waals surface area contributed by atoms with Gasteiger partial charge in [-0.25, -0.2) is 15.3 Å². The summed E-state index contributed by atoms with van der Waals surface area (Å²) in [6.07, 6.45) is 0. The highest BCUT2D eigenvalue weighted by molar-refractivity contribution is 5.89. The number of carboxylic acid groups (broad SMARTS) is 1. The van der Waals surface area contributed by atoms with Crippen molar-refractivity contribution in [2.75, 3.05) is 0 Å². The number of carbonyl (C=O) groups is 2. The van der Waals surface area contributed by atoms with Crippen molar-refractivity contribution in [1.82, 2.24) is 15.0 Å². The van der Waals surface area contributed by atoms with Gasteiger partial charge in [-0.1, -0.05) is 24.3 Å². The molecule has 0 aliphatic carbocycles. The number of amides is 1. The van der Waals surface area contributed by atoms with Crippen LogP contribution in [-0.2, 0) is 11.3 Å². The molecule has 116 valence electrons. The largest absolute Gasteiger partial charge is 0.478 e. The first-order valence-electron chi connectivity index (χ1n) is 6.82. The lowest BCUT2D eigenvalue weighted by Gasteiger charge is -2.08. The second kappa shape index (κ2) is 5.90. The molecule has 0 aliphatic heterocycles. The molecule has 0 bridgehead atoms. The summed E-state index contributed by atoms with van der Waals surface area (Å²) in [5.74, 6) is -1.06. The number of nitrogens with zero attached hydrogens (tertiary/aromatic N) is 2. The van der Waals surface area contributed by atoms with Gasteiger partial charge < -0.3 is 9.67 Å². The monoisotopic (exact) mass is 311 g/mol. The van der Waals surface area contributed by atoms with Crippen molar-refractivity contribution in [3.8, 4) is 11.4 Å². The van der Waals surface area contributed by atoms with Crippen molar-refractivity contribution >= 4 is 22.9 Å². The van der Waals surface area contributed by atoms with Crippen LogP contribution in [0.5, 0.6) is 0 Å². The van der Waals surface area contributed by atoms with Crippen molar-refractivity contribution in [3.63, 3.8) is 0 Å². The Labute approximate surface area is 130 Å². The van der Waals surface area contributed by atoms with Crippen LogP contribution in [0.2, 0.25) is 0 Å². The van der Waals surface area contributed by atoms with Gasteiger partial charge in [0.2, 0.25) is 0 Å². The lowest BCUT2D eigenvalue weighted by atomic mass is 10.1. The van der Waals surface area contributed by atoms with Crippen LogP contribution in [0, 0.1) is 0 Å². The Morgan fingerprint density at radius 1 is 1.09 bits per heavy atom. The topological polar surface area (TPSA) is 104 Å². The van der Waals surface area contributed by atoms with Crippen LogP contribution in [0.1, 0.15) is 10.4 Å². The standard InChI is InChI=1S/C16H13N3O4/c20-14(18-23)9-19-13-4-2-1-3-12(13)17-15(19)10-5-7-11(8-6-10)16(21)22/h1-8,23H,9H2,(H,18,20)(H,21,22). The molecule has 1 heterocycles. The van der Waals surface area contributed by atoms with Gasteiger partial charge in [0.25, 0.3) is 5.91 Å². The molecule has 3 rings (SSSR count). The lowest BCUT2D eigenvalue weighted by Crippen LogP contribution is -2.24. The van der Waals surface area contributed by atoms with E-state index in [1.807, 2.05) is 24.3 Å². The molecule has 0 unspecified atom stereocenters. The Morgan fingerprint density at radius 3 is 2.43 bits per heavy atom. The van der Waals surface area contributed by atoms with Crippen molar-refractivity contribution in [3.05, 3.63) is 54.1 Å². The molecule has 1 aromatic heterocycles. The molecule has 0 aliphatic rings. The van der Waals surface area contributed by atoms with E-state index in [0.717, 1.165) is 5.52 Å². The summed E-state index contributed by atoms with van der Waals surface area (Å²) in [5, 5.41) is 17.7. The Hall–Kier alpha value is -3.19. The number of nitrogens with one attached hydrogen (secondary N) is 1. The smallest absolute Gasteiger partial charge is 0.335 e. The van der Waals surface area contributed by atoms with Crippen LogP contribution in [0.25, 0.3) is 22.4 Å². The molecule has 0 saturated carbocycles. The molecule has 3 N–H and O–H groups in total. The van der Waals surface area contributed by atoms with E-state index in [9.17, 15) is 9.59 Å². The Morgan fingerprint density at radius 2 is 1.78 bits per heavy atom. The van der Waals surface area contributed by atoms with Crippen molar-refractivity contribution in [2.24, 2.45) is 0 Å². The SMILES string of the molecule is O=C(Cn1c(-c2ccc(C(=O)O)cc2)nc2ccccc21)NO. The molecular formula is C16H13N3O4. The maximum Gasteiger partial charge on any atom is 0.335 e. The number of imidazole rings is 1. The molecular weight excluding hydrogens is 298 g/mol. The first kappa shape index (κ1) is 14.7. The number of para-hydroxylation sites is 2. The van der Waals surface area contributed by atoms with E-state index in [2.05, 4.69) is 4.98 Å². The van der Waals surface area contributed by atoms with Crippen LogP contribution in [0.3, 0.4) is 0 Å². The first-order chi connectivity index (χ1) is 11.1. The minimum absolute atomic E-state index is 0.104. The minimum atomic E-state index is -1.01. The van der Waals surface area contributed by atoms with E-state index in [0.29, 0.717) is 16.9 Å². The third-order valence-corrected chi connectivity index (χ3v) is 3.47. The van der Waals surface area contributed by atoms with Gasteiger partial charge in [-0.2, -0.15) is 0 Å². The van der Waals surface area contributed by atoms with E-state index < -0.39 is 11.9 Å². The third kappa shape index (κ3) is 2.77. The number of rotatable bonds is 4. The molecule has 7 nitrogen and oxygen atoms in total.